The molecule has 7 heteroatoms. The van der Waals surface area contributed by atoms with Crippen molar-refractivity contribution in [2.75, 3.05) is 34.5 Å². The number of hydrogen-bond acceptors (Lipinski definition) is 6. The molecule has 0 atom stereocenters. The molecule has 0 bridgehead atoms. The maximum absolute atomic E-state index is 13.3. The summed E-state index contributed by atoms with van der Waals surface area (Å²) in [6.07, 6.45) is 5.48. The first kappa shape index (κ1) is 24.2. The lowest BCUT2D eigenvalue weighted by Gasteiger charge is -2.28. The van der Waals surface area contributed by atoms with Crippen molar-refractivity contribution >= 4 is 16.8 Å². The lowest BCUT2D eigenvalue weighted by molar-refractivity contribution is -0.137. The molecule has 0 spiro atoms. The van der Waals surface area contributed by atoms with Crippen LogP contribution in [0.25, 0.3) is 22.2 Å². The van der Waals surface area contributed by atoms with Crippen LogP contribution >= 0.6 is 0 Å². The summed E-state index contributed by atoms with van der Waals surface area (Å²) in [7, 11) is 4.90. The van der Waals surface area contributed by atoms with E-state index in [0.29, 0.717) is 42.7 Å². The number of fused-ring (bicyclic) bond motifs is 2. The minimum Gasteiger partial charge on any atom is -0.493 e. The minimum absolute atomic E-state index is 0.127. The van der Waals surface area contributed by atoms with E-state index in [1.165, 1.54) is 6.42 Å². The summed E-state index contributed by atoms with van der Waals surface area (Å²) in [5.41, 5.74) is 4.58. The van der Waals surface area contributed by atoms with Gasteiger partial charge in [0.15, 0.2) is 23.0 Å². The van der Waals surface area contributed by atoms with Gasteiger partial charge in [-0.1, -0.05) is 19.3 Å². The van der Waals surface area contributed by atoms with Crippen LogP contribution in [0.2, 0.25) is 0 Å². The van der Waals surface area contributed by atoms with Crippen LogP contribution in [0.5, 0.6) is 23.0 Å². The molecule has 7 nitrogen and oxygen atoms in total. The summed E-state index contributed by atoms with van der Waals surface area (Å²) in [6, 6.07) is 9.97. The summed E-state index contributed by atoms with van der Waals surface area (Å²) in [6.45, 7) is 3.60. The predicted octanol–water partition coefficient (Wildman–Crippen LogP) is 5.54. The highest BCUT2D eigenvalue weighted by Crippen LogP contribution is 2.40. The molecular formula is C29H34N2O5. The van der Waals surface area contributed by atoms with E-state index >= 15 is 0 Å². The van der Waals surface area contributed by atoms with Gasteiger partial charge in [-0.3, -0.25) is 4.79 Å². The third-order valence-electron chi connectivity index (χ3n) is 7.40. The Morgan fingerprint density at radius 3 is 2.39 bits per heavy atom. The number of hydrogen-bond donors (Lipinski definition) is 0. The lowest BCUT2D eigenvalue weighted by atomic mass is 9.88. The van der Waals surface area contributed by atoms with Gasteiger partial charge in [0, 0.05) is 35.0 Å². The molecule has 1 aromatic heterocycles. The maximum Gasteiger partial charge on any atom is 0.226 e. The number of nitrogens with zero attached hydrogens (tertiary/aromatic N) is 2. The van der Waals surface area contributed by atoms with Crippen molar-refractivity contribution in [2.24, 2.45) is 5.92 Å². The molecule has 190 valence electrons. The average molecular weight is 491 g/mol. The van der Waals surface area contributed by atoms with Crippen LogP contribution in [-0.2, 0) is 11.3 Å². The molecule has 1 aliphatic carbocycles. The van der Waals surface area contributed by atoms with Gasteiger partial charge in [0.05, 0.1) is 39.1 Å². The number of carbonyl (C=O) groups excluding carboxylic acids is 1. The predicted molar refractivity (Wildman–Crippen MR) is 139 cm³/mol. The Hall–Kier alpha value is -3.48. The van der Waals surface area contributed by atoms with Gasteiger partial charge in [-0.15, -0.1) is 0 Å². The molecule has 1 amide bonds. The van der Waals surface area contributed by atoms with E-state index in [4.69, 9.17) is 23.9 Å². The topological polar surface area (TPSA) is 70.1 Å². The SMILES string of the molecule is COc1cc2nc(-c3cc4c(c(OC)c3)OCCN(C(=O)C3CCCCC3)C4)cc(C)c2cc1OC. The van der Waals surface area contributed by atoms with Gasteiger partial charge in [-0.25, -0.2) is 4.98 Å². The number of carbonyl (C=O) groups is 1. The zero-order valence-corrected chi connectivity index (χ0v) is 21.6. The molecule has 0 unspecified atom stereocenters. The Balaban J connectivity index is 1.54. The van der Waals surface area contributed by atoms with Crippen LogP contribution in [0.3, 0.4) is 0 Å². The molecule has 0 radical (unpaired) electrons. The molecule has 1 fully saturated rings. The fraction of sp³-hybridized carbons (Fsp3) is 0.448. The fourth-order valence-corrected chi connectivity index (χ4v) is 5.45. The molecule has 1 aliphatic heterocycles. The Morgan fingerprint density at radius 1 is 0.944 bits per heavy atom. The summed E-state index contributed by atoms with van der Waals surface area (Å²) < 4.78 is 22.8. The Bertz CT molecular complexity index is 1280. The number of rotatable bonds is 5. The van der Waals surface area contributed by atoms with Crippen molar-refractivity contribution in [1.82, 2.24) is 9.88 Å². The first-order chi connectivity index (χ1) is 17.5. The van der Waals surface area contributed by atoms with Crippen molar-refractivity contribution in [2.45, 2.75) is 45.6 Å². The molecule has 2 aliphatic rings. The van der Waals surface area contributed by atoms with E-state index < -0.39 is 0 Å². The first-order valence-corrected chi connectivity index (χ1v) is 12.7. The van der Waals surface area contributed by atoms with Crippen molar-refractivity contribution in [3.8, 4) is 34.3 Å². The first-order valence-electron chi connectivity index (χ1n) is 12.7. The second kappa shape index (κ2) is 10.2. The molecule has 0 saturated heterocycles. The molecule has 2 aromatic carbocycles. The standard InChI is InChI=1S/C29H34N2O5/c1-18-12-23(30-24-16-26(34-3)25(33-2)15-22(18)24)20-13-21-17-31(29(32)19-8-6-5-7-9-19)10-11-36-28(21)27(14-20)35-4/h12-16,19H,5-11,17H2,1-4H3. The normalized spacial score (nSPS) is 16.2. The number of benzene rings is 2. The fourth-order valence-electron chi connectivity index (χ4n) is 5.45. The van der Waals surface area contributed by atoms with Crippen molar-refractivity contribution in [3.63, 3.8) is 0 Å². The highest BCUT2D eigenvalue weighted by atomic mass is 16.5. The van der Waals surface area contributed by atoms with E-state index in [9.17, 15) is 4.79 Å². The molecule has 36 heavy (non-hydrogen) atoms. The van der Waals surface area contributed by atoms with E-state index in [1.807, 2.05) is 23.1 Å². The van der Waals surface area contributed by atoms with Crippen molar-refractivity contribution in [3.05, 3.63) is 41.5 Å². The number of aryl methyl sites for hydroxylation is 1. The van der Waals surface area contributed by atoms with E-state index in [0.717, 1.165) is 59.0 Å². The summed E-state index contributed by atoms with van der Waals surface area (Å²) in [5.74, 6) is 3.05. The van der Waals surface area contributed by atoms with Gasteiger partial charge in [0.2, 0.25) is 5.91 Å². The minimum atomic E-state index is 0.127. The van der Waals surface area contributed by atoms with E-state index in [2.05, 4.69) is 19.1 Å². The Kier molecular flexibility index (Phi) is 6.90. The Morgan fingerprint density at radius 2 is 1.67 bits per heavy atom. The van der Waals surface area contributed by atoms with Crippen LogP contribution < -0.4 is 18.9 Å². The van der Waals surface area contributed by atoms with Gasteiger partial charge >= 0.3 is 0 Å². The van der Waals surface area contributed by atoms with Gasteiger partial charge in [-0.05, 0) is 49.6 Å². The second-order valence-electron chi connectivity index (χ2n) is 9.66. The van der Waals surface area contributed by atoms with Crippen LogP contribution in [0, 0.1) is 12.8 Å². The molecule has 2 heterocycles. The molecule has 3 aromatic rings. The van der Waals surface area contributed by atoms with Gasteiger partial charge in [0.1, 0.15) is 6.61 Å². The van der Waals surface area contributed by atoms with E-state index in [-0.39, 0.29) is 11.8 Å². The van der Waals surface area contributed by atoms with Crippen LogP contribution in [0.4, 0.5) is 0 Å². The molecule has 5 rings (SSSR count). The number of aromatic nitrogens is 1. The van der Waals surface area contributed by atoms with Crippen molar-refractivity contribution in [1.29, 1.82) is 0 Å². The summed E-state index contributed by atoms with van der Waals surface area (Å²) in [4.78, 5) is 20.2. The largest absolute Gasteiger partial charge is 0.493 e. The molecular weight excluding hydrogens is 456 g/mol. The molecule has 1 saturated carbocycles. The van der Waals surface area contributed by atoms with Crippen LogP contribution in [0.15, 0.2) is 30.3 Å². The van der Waals surface area contributed by atoms with E-state index in [1.54, 1.807) is 21.3 Å². The quantitative estimate of drug-likeness (QED) is 0.468. The number of ether oxygens (including phenoxy) is 4. The van der Waals surface area contributed by atoms with Crippen molar-refractivity contribution < 1.29 is 23.7 Å². The third kappa shape index (κ3) is 4.54. The zero-order valence-electron chi connectivity index (χ0n) is 21.6. The average Bonchev–Trinajstić information content (AvgIpc) is 3.14. The maximum atomic E-state index is 13.3. The van der Waals surface area contributed by atoms with Gasteiger partial charge in [-0.2, -0.15) is 0 Å². The van der Waals surface area contributed by atoms with Crippen LogP contribution in [-0.4, -0.2) is 50.3 Å². The highest BCUT2D eigenvalue weighted by Gasteiger charge is 2.29. The number of pyridine rings is 1. The second-order valence-corrected chi connectivity index (χ2v) is 9.66. The smallest absolute Gasteiger partial charge is 0.226 e. The Labute approximate surface area is 212 Å². The summed E-state index contributed by atoms with van der Waals surface area (Å²) >= 11 is 0. The lowest BCUT2D eigenvalue weighted by Crippen LogP contribution is -2.37. The zero-order chi connectivity index (χ0) is 25.2. The van der Waals surface area contributed by atoms with Gasteiger partial charge < -0.3 is 23.8 Å². The van der Waals surface area contributed by atoms with Gasteiger partial charge in [0.25, 0.3) is 0 Å². The number of methoxy groups -OCH3 is 3. The monoisotopic (exact) mass is 490 g/mol. The number of amides is 1. The third-order valence-corrected chi connectivity index (χ3v) is 7.40. The summed E-state index contributed by atoms with van der Waals surface area (Å²) in [5, 5.41) is 1.01. The molecule has 0 N–H and O–H groups in total. The highest BCUT2D eigenvalue weighted by molar-refractivity contribution is 5.88. The van der Waals surface area contributed by atoms with Crippen LogP contribution in [0.1, 0.15) is 43.2 Å².